The van der Waals surface area contributed by atoms with Crippen molar-refractivity contribution >= 4 is 41.5 Å². The minimum atomic E-state index is 0. The number of carbonyl (C=O) groups excluding carboxylic acids is 1. The van der Waals surface area contributed by atoms with E-state index < -0.39 is 0 Å². The number of benzene rings is 1. The summed E-state index contributed by atoms with van der Waals surface area (Å²) in [5, 5.41) is 7.35. The Morgan fingerprint density at radius 3 is 2.72 bits per heavy atom. The summed E-state index contributed by atoms with van der Waals surface area (Å²) >= 11 is 11.9. The molecule has 1 saturated heterocycles. The zero-order valence-corrected chi connectivity index (χ0v) is 16.6. The molecule has 1 aliphatic rings. The molecule has 0 radical (unpaired) electrons. The lowest BCUT2D eigenvalue weighted by Crippen LogP contribution is -2.44. The van der Waals surface area contributed by atoms with Gasteiger partial charge in [-0.1, -0.05) is 23.2 Å². The number of hydrogen-bond acceptors (Lipinski definition) is 4. The Kier molecular flexibility index (Phi) is 11.3. The maximum atomic E-state index is 11.8. The summed E-state index contributed by atoms with van der Waals surface area (Å²) in [6.45, 7) is 6.54. The van der Waals surface area contributed by atoms with Crippen LogP contribution < -0.4 is 15.4 Å². The molecular formula is C17H26Cl3N3O2. The minimum absolute atomic E-state index is 0. The van der Waals surface area contributed by atoms with Crippen molar-refractivity contribution in [2.75, 3.05) is 45.9 Å². The van der Waals surface area contributed by atoms with E-state index in [0.29, 0.717) is 35.2 Å². The second kappa shape index (κ2) is 12.6. The van der Waals surface area contributed by atoms with Crippen LogP contribution in [0.4, 0.5) is 0 Å². The average molecular weight is 411 g/mol. The van der Waals surface area contributed by atoms with Crippen molar-refractivity contribution < 1.29 is 9.53 Å². The Hall–Kier alpha value is -0.720. The molecule has 0 aliphatic carbocycles. The van der Waals surface area contributed by atoms with Gasteiger partial charge in [0.2, 0.25) is 5.91 Å². The van der Waals surface area contributed by atoms with Gasteiger partial charge < -0.3 is 20.3 Å². The third kappa shape index (κ3) is 8.97. The second-order valence-electron chi connectivity index (χ2n) is 5.82. The van der Waals surface area contributed by atoms with E-state index in [-0.39, 0.29) is 18.3 Å². The second-order valence-corrected chi connectivity index (χ2v) is 6.67. The van der Waals surface area contributed by atoms with Crippen LogP contribution in [0, 0.1) is 0 Å². The molecule has 0 saturated carbocycles. The lowest BCUT2D eigenvalue weighted by molar-refractivity contribution is -0.121. The van der Waals surface area contributed by atoms with Crippen LogP contribution >= 0.6 is 35.6 Å². The number of nitrogens with one attached hydrogen (secondary N) is 2. The van der Waals surface area contributed by atoms with Gasteiger partial charge in [-0.3, -0.25) is 4.79 Å². The Labute approximate surface area is 165 Å². The van der Waals surface area contributed by atoms with Crippen LogP contribution in [0.2, 0.25) is 10.0 Å². The number of halogens is 3. The van der Waals surface area contributed by atoms with Gasteiger partial charge in [0.05, 0.1) is 11.6 Å². The molecule has 2 rings (SSSR count). The molecule has 1 aliphatic heterocycles. The van der Waals surface area contributed by atoms with E-state index in [2.05, 4.69) is 15.5 Å². The van der Waals surface area contributed by atoms with Crippen molar-refractivity contribution in [1.29, 1.82) is 0 Å². The van der Waals surface area contributed by atoms with Crippen molar-refractivity contribution in [2.45, 2.75) is 19.3 Å². The molecule has 1 aromatic carbocycles. The van der Waals surface area contributed by atoms with E-state index in [0.717, 1.165) is 45.7 Å². The Morgan fingerprint density at radius 2 is 2.00 bits per heavy atom. The van der Waals surface area contributed by atoms with Crippen molar-refractivity contribution in [3.05, 3.63) is 28.2 Å². The normalized spacial score (nSPS) is 14.6. The van der Waals surface area contributed by atoms with Crippen molar-refractivity contribution in [3.8, 4) is 5.75 Å². The third-order valence-corrected chi connectivity index (χ3v) is 4.41. The van der Waals surface area contributed by atoms with Gasteiger partial charge in [-0.2, -0.15) is 0 Å². The highest BCUT2D eigenvalue weighted by molar-refractivity contribution is 6.35. The minimum Gasteiger partial charge on any atom is -0.492 e. The fourth-order valence-electron chi connectivity index (χ4n) is 2.56. The smallest absolute Gasteiger partial charge is 0.220 e. The number of nitrogens with zero attached hydrogens (tertiary/aromatic N) is 1. The van der Waals surface area contributed by atoms with E-state index in [1.165, 1.54) is 0 Å². The summed E-state index contributed by atoms with van der Waals surface area (Å²) in [4.78, 5) is 14.2. The fraction of sp³-hybridized carbons (Fsp3) is 0.588. The SMILES string of the molecule is Cl.O=C(CCCOc1ccc(Cl)cc1Cl)NCCCN1CCNCC1. The van der Waals surface area contributed by atoms with E-state index in [4.69, 9.17) is 27.9 Å². The first-order chi connectivity index (χ1) is 11.6. The highest BCUT2D eigenvalue weighted by Gasteiger charge is 2.09. The summed E-state index contributed by atoms with van der Waals surface area (Å²) < 4.78 is 5.56. The molecule has 1 aromatic rings. The maximum Gasteiger partial charge on any atom is 0.220 e. The van der Waals surface area contributed by atoms with Gasteiger partial charge in [-0.05, 0) is 37.6 Å². The summed E-state index contributed by atoms with van der Waals surface area (Å²) in [6.07, 6.45) is 2.10. The standard InChI is InChI=1S/C17H25Cl2N3O2.ClH/c18-14-4-5-16(15(19)13-14)24-12-1-3-17(23)21-6-2-9-22-10-7-20-8-11-22;/h4-5,13,20H,1-3,6-12H2,(H,21,23);1H. The Morgan fingerprint density at radius 1 is 1.24 bits per heavy atom. The summed E-state index contributed by atoms with van der Waals surface area (Å²) in [5.74, 6) is 0.665. The summed E-state index contributed by atoms with van der Waals surface area (Å²) in [7, 11) is 0. The molecule has 25 heavy (non-hydrogen) atoms. The van der Waals surface area contributed by atoms with Crippen LogP contribution in [0.1, 0.15) is 19.3 Å². The van der Waals surface area contributed by atoms with Gasteiger partial charge in [0, 0.05) is 44.2 Å². The fourth-order valence-corrected chi connectivity index (χ4v) is 3.02. The highest BCUT2D eigenvalue weighted by atomic mass is 35.5. The highest BCUT2D eigenvalue weighted by Crippen LogP contribution is 2.27. The van der Waals surface area contributed by atoms with Gasteiger partial charge >= 0.3 is 0 Å². The van der Waals surface area contributed by atoms with E-state index >= 15 is 0 Å². The van der Waals surface area contributed by atoms with E-state index in [9.17, 15) is 4.79 Å². The first-order valence-corrected chi connectivity index (χ1v) is 9.18. The first kappa shape index (κ1) is 22.3. The Balaban J connectivity index is 0.00000312. The largest absolute Gasteiger partial charge is 0.492 e. The Bertz CT molecular complexity index is 526. The number of hydrogen-bond donors (Lipinski definition) is 2. The van der Waals surface area contributed by atoms with E-state index in [1.54, 1.807) is 18.2 Å². The molecule has 1 fully saturated rings. The first-order valence-electron chi connectivity index (χ1n) is 8.43. The topological polar surface area (TPSA) is 53.6 Å². The number of carbonyl (C=O) groups is 1. The molecule has 0 bridgehead atoms. The molecule has 8 heteroatoms. The zero-order chi connectivity index (χ0) is 17.2. The molecule has 5 nitrogen and oxygen atoms in total. The number of amides is 1. The van der Waals surface area contributed by atoms with Crippen LogP contribution in [0.3, 0.4) is 0 Å². The summed E-state index contributed by atoms with van der Waals surface area (Å²) in [6, 6.07) is 5.11. The summed E-state index contributed by atoms with van der Waals surface area (Å²) in [5.41, 5.74) is 0. The van der Waals surface area contributed by atoms with E-state index in [1.807, 2.05) is 0 Å². The van der Waals surface area contributed by atoms with Crippen molar-refractivity contribution in [2.24, 2.45) is 0 Å². The lowest BCUT2D eigenvalue weighted by atomic mass is 10.3. The third-order valence-electron chi connectivity index (χ3n) is 3.88. The predicted octanol–water partition coefficient (Wildman–Crippen LogP) is 2.99. The number of ether oxygens (including phenoxy) is 1. The van der Waals surface area contributed by atoms with Gasteiger partial charge in [0.1, 0.15) is 5.75 Å². The quantitative estimate of drug-likeness (QED) is 0.615. The van der Waals surface area contributed by atoms with Crippen LogP contribution in [0.5, 0.6) is 5.75 Å². The molecule has 1 amide bonds. The van der Waals surface area contributed by atoms with Gasteiger partial charge in [-0.15, -0.1) is 12.4 Å². The van der Waals surface area contributed by atoms with Gasteiger partial charge in [-0.25, -0.2) is 0 Å². The van der Waals surface area contributed by atoms with Gasteiger partial charge in [0.15, 0.2) is 0 Å². The molecule has 142 valence electrons. The zero-order valence-electron chi connectivity index (χ0n) is 14.2. The van der Waals surface area contributed by atoms with Crippen LogP contribution in [0.25, 0.3) is 0 Å². The molecule has 1 heterocycles. The number of rotatable bonds is 9. The predicted molar refractivity (Wildman–Crippen MR) is 105 cm³/mol. The van der Waals surface area contributed by atoms with Gasteiger partial charge in [0.25, 0.3) is 0 Å². The van der Waals surface area contributed by atoms with Crippen molar-refractivity contribution in [1.82, 2.24) is 15.5 Å². The lowest BCUT2D eigenvalue weighted by Gasteiger charge is -2.27. The van der Waals surface area contributed by atoms with Crippen LogP contribution in [-0.2, 0) is 4.79 Å². The molecule has 0 atom stereocenters. The molecular weight excluding hydrogens is 385 g/mol. The molecule has 0 spiro atoms. The molecule has 0 unspecified atom stereocenters. The van der Waals surface area contributed by atoms with Crippen LogP contribution in [-0.4, -0.2) is 56.7 Å². The van der Waals surface area contributed by atoms with Crippen LogP contribution in [0.15, 0.2) is 18.2 Å². The average Bonchev–Trinajstić information content (AvgIpc) is 2.58. The monoisotopic (exact) mass is 409 g/mol. The molecule has 0 aromatic heterocycles. The van der Waals surface area contributed by atoms with Crippen molar-refractivity contribution in [3.63, 3.8) is 0 Å². The number of piperazine rings is 1. The maximum absolute atomic E-state index is 11.8. The molecule has 2 N–H and O–H groups in total.